The van der Waals surface area contributed by atoms with Crippen molar-refractivity contribution in [3.8, 4) is 0 Å². The van der Waals surface area contributed by atoms with Crippen LogP contribution in [0.15, 0.2) is 54.6 Å². The first-order valence-electron chi connectivity index (χ1n) is 5.22. The standard InChI is InChI=1S/C14H13NO/c1-2-6-14(16)15-13-10-5-8-11-7-3-4-9-12(11)13/h2-10H,1H3,(H,15,16). The lowest BCUT2D eigenvalue weighted by molar-refractivity contribution is -0.111. The first kappa shape index (κ1) is 10.4. The largest absolute Gasteiger partial charge is 0.322 e. The van der Waals surface area contributed by atoms with Crippen molar-refractivity contribution in [3.05, 3.63) is 54.6 Å². The van der Waals surface area contributed by atoms with Crippen molar-refractivity contribution in [1.29, 1.82) is 0 Å². The van der Waals surface area contributed by atoms with Crippen LogP contribution < -0.4 is 5.32 Å². The van der Waals surface area contributed by atoms with E-state index in [1.807, 2.05) is 49.4 Å². The maximum Gasteiger partial charge on any atom is 0.248 e. The molecule has 1 amide bonds. The lowest BCUT2D eigenvalue weighted by atomic mass is 10.1. The topological polar surface area (TPSA) is 29.1 Å². The van der Waals surface area contributed by atoms with Crippen LogP contribution in [-0.2, 0) is 4.79 Å². The molecule has 0 spiro atoms. The van der Waals surface area contributed by atoms with E-state index in [-0.39, 0.29) is 5.91 Å². The minimum absolute atomic E-state index is 0.0983. The molecule has 0 aromatic heterocycles. The number of anilines is 1. The van der Waals surface area contributed by atoms with Gasteiger partial charge in [-0.3, -0.25) is 4.79 Å². The first-order chi connectivity index (χ1) is 7.81. The van der Waals surface area contributed by atoms with Crippen LogP contribution >= 0.6 is 0 Å². The fourth-order valence-electron chi connectivity index (χ4n) is 1.66. The maximum absolute atomic E-state index is 11.5. The van der Waals surface area contributed by atoms with Crippen molar-refractivity contribution < 1.29 is 4.79 Å². The summed E-state index contributed by atoms with van der Waals surface area (Å²) in [7, 11) is 0. The molecule has 80 valence electrons. The van der Waals surface area contributed by atoms with Gasteiger partial charge in [0.1, 0.15) is 0 Å². The summed E-state index contributed by atoms with van der Waals surface area (Å²) in [6.45, 7) is 1.82. The maximum atomic E-state index is 11.5. The monoisotopic (exact) mass is 211 g/mol. The highest BCUT2D eigenvalue weighted by Crippen LogP contribution is 2.22. The zero-order valence-corrected chi connectivity index (χ0v) is 9.10. The van der Waals surface area contributed by atoms with Gasteiger partial charge in [-0.15, -0.1) is 0 Å². The summed E-state index contributed by atoms with van der Waals surface area (Å²) >= 11 is 0. The molecule has 0 saturated heterocycles. The van der Waals surface area contributed by atoms with E-state index in [1.54, 1.807) is 6.08 Å². The molecule has 0 atom stereocenters. The smallest absolute Gasteiger partial charge is 0.248 e. The Balaban J connectivity index is 2.41. The number of nitrogens with one attached hydrogen (secondary N) is 1. The van der Waals surface area contributed by atoms with Crippen LogP contribution in [-0.4, -0.2) is 5.91 Å². The van der Waals surface area contributed by atoms with Gasteiger partial charge in [0.15, 0.2) is 0 Å². The molecule has 0 saturated carbocycles. The second kappa shape index (κ2) is 4.62. The number of carbonyl (C=O) groups excluding carboxylic acids is 1. The molecule has 0 aliphatic carbocycles. The van der Waals surface area contributed by atoms with E-state index >= 15 is 0 Å². The van der Waals surface area contributed by atoms with Gasteiger partial charge in [-0.2, -0.15) is 0 Å². The minimum Gasteiger partial charge on any atom is -0.322 e. The van der Waals surface area contributed by atoms with Crippen molar-refractivity contribution in [3.63, 3.8) is 0 Å². The van der Waals surface area contributed by atoms with E-state index < -0.39 is 0 Å². The van der Waals surface area contributed by atoms with E-state index in [1.165, 1.54) is 6.08 Å². The third-order valence-electron chi connectivity index (χ3n) is 2.37. The Kier molecular flexibility index (Phi) is 3.01. The Labute approximate surface area is 94.6 Å². The Bertz CT molecular complexity index is 538. The molecule has 2 nitrogen and oxygen atoms in total. The normalized spacial score (nSPS) is 10.8. The number of amides is 1. The van der Waals surface area contributed by atoms with Crippen molar-refractivity contribution in [2.45, 2.75) is 6.92 Å². The van der Waals surface area contributed by atoms with Gasteiger partial charge in [0, 0.05) is 11.1 Å². The predicted molar refractivity (Wildman–Crippen MR) is 67.4 cm³/mol. The third kappa shape index (κ3) is 2.11. The van der Waals surface area contributed by atoms with Gasteiger partial charge in [-0.05, 0) is 24.5 Å². The molecule has 0 aliphatic rings. The molecule has 1 N–H and O–H groups in total. The van der Waals surface area contributed by atoms with E-state index in [4.69, 9.17) is 0 Å². The molecule has 0 unspecified atom stereocenters. The molecule has 2 rings (SSSR count). The average molecular weight is 211 g/mol. The molecule has 16 heavy (non-hydrogen) atoms. The van der Waals surface area contributed by atoms with Gasteiger partial charge < -0.3 is 5.32 Å². The summed E-state index contributed by atoms with van der Waals surface area (Å²) < 4.78 is 0. The predicted octanol–water partition coefficient (Wildman–Crippen LogP) is 3.35. The third-order valence-corrected chi connectivity index (χ3v) is 2.37. The van der Waals surface area contributed by atoms with Crippen LogP contribution in [0.4, 0.5) is 5.69 Å². The van der Waals surface area contributed by atoms with Crippen LogP contribution in [0.2, 0.25) is 0 Å². The van der Waals surface area contributed by atoms with E-state index in [9.17, 15) is 4.79 Å². The average Bonchev–Trinajstić information content (AvgIpc) is 2.30. The summed E-state index contributed by atoms with van der Waals surface area (Å²) in [6, 6.07) is 13.9. The second-order valence-corrected chi connectivity index (χ2v) is 3.52. The Morgan fingerprint density at radius 3 is 2.69 bits per heavy atom. The van der Waals surface area contributed by atoms with Crippen LogP contribution in [0.25, 0.3) is 10.8 Å². The molecule has 2 heteroatoms. The molecule has 2 aromatic carbocycles. The summed E-state index contributed by atoms with van der Waals surface area (Å²) in [6.07, 6.45) is 3.24. The fraction of sp³-hybridized carbons (Fsp3) is 0.0714. The highest BCUT2D eigenvalue weighted by atomic mass is 16.1. The minimum atomic E-state index is -0.0983. The summed E-state index contributed by atoms with van der Waals surface area (Å²) in [5, 5.41) is 5.04. The molecule has 0 bridgehead atoms. The van der Waals surface area contributed by atoms with Gasteiger partial charge in [0.25, 0.3) is 0 Å². The number of carbonyl (C=O) groups is 1. The molecule has 0 heterocycles. The Morgan fingerprint density at radius 1 is 1.12 bits per heavy atom. The second-order valence-electron chi connectivity index (χ2n) is 3.52. The first-order valence-corrected chi connectivity index (χ1v) is 5.22. The highest BCUT2D eigenvalue weighted by Gasteiger charge is 2.01. The van der Waals surface area contributed by atoms with Gasteiger partial charge in [0.2, 0.25) is 5.91 Å². The number of rotatable bonds is 2. The molecule has 0 radical (unpaired) electrons. The quantitative estimate of drug-likeness (QED) is 0.758. The molecule has 0 aliphatic heterocycles. The van der Waals surface area contributed by atoms with Crippen molar-refractivity contribution >= 4 is 22.4 Å². The lowest BCUT2D eigenvalue weighted by Crippen LogP contribution is -2.07. The summed E-state index contributed by atoms with van der Waals surface area (Å²) in [5.74, 6) is -0.0983. The van der Waals surface area contributed by atoms with Crippen LogP contribution in [0, 0.1) is 0 Å². The van der Waals surface area contributed by atoms with Gasteiger partial charge in [0.05, 0.1) is 0 Å². The fourth-order valence-corrected chi connectivity index (χ4v) is 1.66. The number of benzene rings is 2. The number of allylic oxidation sites excluding steroid dienone is 1. The van der Waals surface area contributed by atoms with Crippen LogP contribution in [0.5, 0.6) is 0 Å². The Hall–Kier alpha value is -2.09. The van der Waals surface area contributed by atoms with E-state index in [2.05, 4.69) is 5.32 Å². The zero-order chi connectivity index (χ0) is 11.4. The molecule has 2 aromatic rings. The summed E-state index contributed by atoms with van der Waals surface area (Å²) in [5.41, 5.74) is 0.848. The van der Waals surface area contributed by atoms with Crippen LogP contribution in [0.1, 0.15) is 6.92 Å². The molecular weight excluding hydrogens is 198 g/mol. The summed E-state index contributed by atoms with van der Waals surface area (Å²) in [4.78, 5) is 11.5. The zero-order valence-electron chi connectivity index (χ0n) is 9.10. The van der Waals surface area contributed by atoms with Crippen molar-refractivity contribution in [2.75, 3.05) is 5.32 Å². The number of hydrogen-bond acceptors (Lipinski definition) is 1. The highest BCUT2D eigenvalue weighted by molar-refractivity contribution is 6.06. The van der Waals surface area contributed by atoms with Crippen molar-refractivity contribution in [1.82, 2.24) is 0 Å². The van der Waals surface area contributed by atoms with Gasteiger partial charge >= 0.3 is 0 Å². The van der Waals surface area contributed by atoms with Crippen LogP contribution in [0.3, 0.4) is 0 Å². The lowest BCUT2D eigenvalue weighted by Gasteiger charge is -2.06. The Morgan fingerprint density at radius 2 is 1.88 bits per heavy atom. The SMILES string of the molecule is CC=CC(=O)Nc1cccc2ccccc12. The number of fused-ring (bicyclic) bond motifs is 1. The van der Waals surface area contributed by atoms with E-state index in [0.29, 0.717) is 0 Å². The van der Waals surface area contributed by atoms with Gasteiger partial charge in [-0.25, -0.2) is 0 Å². The van der Waals surface area contributed by atoms with Gasteiger partial charge in [-0.1, -0.05) is 42.5 Å². The molecular formula is C14H13NO. The number of hydrogen-bond donors (Lipinski definition) is 1. The van der Waals surface area contributed by atoms with Crippen molar-refractivity contribution in [2.24, 2.45) is 0 Å². The van der Waals surface area contributed by atoms with E-state index in [0.717, 1.165) is 16.5 Å². The molecule has 0 fully saturated rings.